The second-order valence-corrected chi connectivity index (χ2v) is 8.88. The molecule has 4 rings (SSSR count). The van der Waals surface area contributed by atoms with Crippen molar-refractivity contribution >= 4 is 23.3 Å². The van der Waals surface area contributed by atoms with Gasteiger partial charge in [-0.2, -0.15) is 5.26 Å². The molecular weight excluding hydrogens is 438 g/mol. The predicted molar refractivity (Wildman–Crippen MR) is 137 cm³/mol. The van der Waals surface area contributed by atoms with Gasteiger partial charge in [-0.05, 0) is 78.8 Å². The topological polar surface area (TPSA) is 111 Å². The third kappa shape index (κ3) is 5.98. The second-order valence-electron chi connectivity index (χ2n) is 8.88. The van der Waals surface area contributed by atoms with E-state index in [4.69, 9.17) is 11.0 Å². The van der Waals surface area contributed by atoms with Crippen LogP contribution in [-0.2, 0) is 6.54 Å². The van der Waals surface area contributed by atoms with E-state index in [1.165, 1.54) is 5.56 Å². The highest BCUT2D eigenvalue weighted by molar-refractivity contribution is 5.97. The van der Waals surface area contributed by atoms with Gasteiger partial charge in [-0.1, -0.05) is 30.3 Å². The number of hydrogen-bond acceptors (Lipinski definition) is 4. The van der Waals surface area contributed by atoms with Crippen LogP contribution in [0.5, 0.6) is 0 Å². The summed E-state index contributed by atoms with van der Waals surface area (Å²) in [5.74, 6) is 0.345. The fraction of sp³-hybridized carbons (Fsp3) is 0.250. The van der Waals surface area contributed by atoms with Gasteiger partial charge in [0.25, 0.3) is 5.91 Å². The van der Waals surface area contributed by atoms with Crippen molar-refractivity contribution in [2.45, 2.75) is 32.2 Å². The summed E-state index contributed by atoms with van der Waals surface area (Å²) in [6, 6.07) is 22.3. The Bertz CT molecular complexity index is 1260. The van der Waals surface area contributed by atoms with Crippen LogP contribution in [0.3, 0.4) is 0 Å². The molecule has 0 atom stereocenters. The third-order valence-electron chi connectivity index (χ3n) is 6.43. The maximum Gasteiger partial charge on any atom is 0.319 e. The van der Waals surface area contributed by atoms with E-state index in [1.54, 1.807) is 18.2 Å². The van der Waals surface area contributed by atoms with E-state index in [2.05, 4.69) is 16.7 Å². The molecule has 0 aliphatic carbocycles. The van der Waals surface area contributed by atoms with Gasteiger partial charge >= 0.3 is 6.03 Å². The monoisotopic (exact) mass is 467 g/mol. The number of nitrogens with one attached hydrogen (secondary N) is 2. The number of nitrogens with zero attached hydrogens (tertiary/aromatic N) is 2. The molecule has 178 valence electrons. The Morgan fingerprint density at radius 2 is 1.80 bits per heavy atom. The van der Waals surface area contributed by atoms with Crippen LogP contribution in [0, 0.1) is 18.3 Å². The highest BCUT2D eigenvalue weighted by Crippen LogP contribution is 2.29. The van der Waals surface area contributed by atoms with Gasteiger partial charge in [0.05, 0.1) is 11.6 Å². The van der Waals surface area contributed by atoms with Crippen molar-refractivity contribution in [1.82, 2.24) is 10.2 Å². The van der Waals surface area contributed by atoms with Gasteiger partial charge in [0.15, 0.2) is 0 Å². The lowest BCUT2D eigenvalue weighted by atomic mass is 9.89. The number of carbonyl (C=O) groups is 2. The minimum Gasteiger partial charge on any atom is -0.399 e. The molecule has 0 unspecified atom stereocenters. The van der Waals surface area contributed by atoms with Crippen molar-refractivity contribution < 1.29 is 9.59 Å². The van der Waals surface area contributed by atoms with E-state index < -0.39 is 0 Å². The predicted octanol–water partition coefficient (Wildman–Crippen LogP) is 4.79. The summed E-state index contributed by atoms with van der Waals surface area (Å²) in [7, 11) is 0. The van der Waals surface area contributed by atoms with Gasteiger partial charge in [0.2, 0.25) is 0 Å². The minimum absolute atomic E-state index is 0.0357. The Balaban J connectivity index is 1.34. The summed E-state index contributed by atoms with van der Waals surface area (Å²) >= 11 is 0. The highest BCUT2D eigenvalue weighted by atomic mass is 16.2. The number of hydrogen-bond donors (Lipinski definition) is 3. The van der Waals surface area contributed by atoms with Gasteiger partial charge in [0.1, 0.15) is 0 Å². The summed E-state index contributed by atoms with van der Waals surface area (Å²) in [5, 5.41) is 14.7. The molecule has 3 amide bonds. The molecule has 7 heteroatoms. The fourth-order valence-electron chi connectivity index (χ4n) is 4.37. The van der Waals surface area contributed by atoms with Crippen molar-refractivity contribution in [2.24, 2.45) is 0 Å². The summed E-state index contributed by atoms with van der Waals surface area (Å²) in [5.41, 5.74) is 11.2. The standard InChI is InChI=1S/C28H29N5O2/c1-19-5-8-24(16-26(19)32-28(35)31-18-21-3-2-4-25(30)15-21)27(34)33-13-11-23(12-14-33)22-9-6-20(17-29)7-10-22/h2-10,15-16,23H,11-14,18,30H2,1H3,(H2,31,32,35). The molecule has 0 aromatic heterocycles. The van der Waals surface area contributed by atoms with Crippen LogP contribution in [0.25, 0.3) is 0 Å². The molecule has 35 heavy (non-hydrogen) atoms. The first-order valence-corrected chi connectivity index (χ1v) is 11.7. The molecule has 0 saturated carbocycles. The van der Waals surface area contributed by atoms with E-state index in [0.717, 1.165) is 24.0 Å². The number of urea groups is 1. The first kappa shape index (κ1) is 23.8. The van der Waals surface area contributed by atoms with Gasteiger partial charge < -0.3 is 21.3 Å². The third-order valence-corrected chi connectivity index (χ3v) is 6.43. The number of aryl methyl sites for hydroxylation is 1. The van der Waals surface area contributed by atoms with Crippen molar-refractivity contribution in [3.8, 4) is 6.07 Å². The number of likely N-dealkylation sites (tertiary alicyclic amines) is 1. The largest absolute Gasteiger partial charge is 0.399 e. The fourth-order valence-corrected chi connectivity index (χ4v) is 4.37. The summed E-state index contributed by atoms with van der Waals surface area (Å²) in [6.45, 7) is 3.58. The maximum absolute atomic E-state index is 13.2. The molecule has 1 fully saturated rings. The lowest BCUT2D eigenvalue weighted by molar-refractivity contribution is 0.0713. The number of nitriles is 1. The Kier molecular flexibility index (Phi) is 7.32. The Morgan fingerprint density at radius 3 is 2.49 bits per heavy atom. The zero-order valence-corrected chi connectivity index (χ0v) is 19.8. The first-order chi connectivity index (χ1) is 16.9. The van der Waals surface area contributed by atoms with Crippen LogP contribution in [-0.4, -0.2) is 29.9 Å². The average molecular weight is 468 g/mol. The van der Waals surface area contributed by atoms with Crippen molar-refractivity contribution in [3.05, 3.63) is 94.5 Å². The lowest BCUT2D eigenvalue weighted by Gasteiger charge is -2.32. The molecule has 7 nitrogen and oxygen atoms in total. The van der Waals surface area contributed by atoms with E-state index >= 15 is 0 Å². The normalized spacial score (nSPS) is 13.7. The van der Waals surface area contributed by atoms with Crippen molar-refractivity contribution in [1.29, 1.82) is 5.26 Å². The van der Waals surface area contributed by atoms with E-state index in [-0.39, 0.29) is 11.9 Å². The van der Waals surface area contributed by atoms with E-state index in [1.807, 2.05) is 60.4 Å². The minimum atomic E-state index is -0.344. The molecule has 3 aromatic carbocycles. The lowest BCUT2D eigenvalue weighted by Crippen LogP contribution is -2.38. The summed E-state index contributed by atoms with van der Waals surface area (Å²) in [6.07, 6.45) is 1.75. The average Bonchev–Trinajstić information content (AvgIpc) is 2.88. The quantitative estimate of drug-likeness (QED) is 0.468. The number of carbonyl (C=O) groups excluding carboxylic acids is 2. The number of nitrogen functional groups attached to an aromatic ring is 1. The number of amides is 3. The molecule has 0 bridgehead atoms. The Morgan fingerprint density at radius 1 is 1.06 bits per heavy atom. The Labute approximate surface area is 205 Å². The summed E-state index contributed by atoms with van der Waals surface area (Å²) < 4.78 is 0. The molecule has 1 aliphatic rings. The molecule has 0 radical (unpaired) electrons. The van der Waals surface area contributed by atoms with E-state index in [0.29, 0.717) is 48.1 Å². The number of piperidine rings is 1. The summed E-state index contributed by atoms with van der Waals surface area (Å²) in [4.78, 5) is 27.5. The number of nitrogens with two attached hydrogens (primary N) is 1. The molecule has 3 aromatic rings. The van der Waals surface area contributed by atoms with Gasteiger partial charge in [-0.15, -0.1) is 0 Å². The first-order valence-electron chi connectivity index (χ1n) is 11.7. The molecule has 1 saturated heterocycles. The van der Waals surface area contributed by atoms with Crippen molar-refractivity contribution in [3.63, 3.8) is 0 Å². The van der Waals surface area contributed by atoms with Crippen LogP contribution >= 0.6 is 0 Å². The Hall–Kier alpha value is -4.31. The number of rotatable bonds is 5. The van der Waals surface area contributed by atoms with E-state index in [9.17, 15) is 9.59 Å². The molecule has 1 heterocycles. The van der Waals surface area contributed by atoms with Gasteiger partial charge in [0, 0.05) is 36.6 Å². The zero-order valence-electron chi connectivity index (χ0n) is 19.8. The molecular formula is C28H29N5O2. The van der Waals surface area contributed by atoms with Crippen LogP contribution in [0.15, 0.2) is 66.7 Å². The van der Waals surface area contributed by atoms with Crippen molar-refractivity contribution in [2.75, 3.05) is 24.1 Å². The number of anilines is 2. The van der Waals surface area contributed by atoms with Crippen LogP contribution < -0.4 is 16.4 Å². The number of benzene rings is 3. The molecule has 0 spiro atoms. The highest BCUT2D eigenvalue weighted by Gasteiger charge is 2.25. The maximum atomic E-state index is 13.2. The molecule has 1 aliphatic heterocycles. The smallest absolute Gasteiger partial charge is 0.319 e. The van der Waals surface area contributed by atoms with Gasteiger partial charge in [-0.3, -0.25) is 4.79 Å². The van der Waals surface area contributed by atoms with Crippen LogP contribution in [0.2, 0.25) is 0 Å². The van der Waals surface area contributed by atoms with Crippen LogP contribution in [0.1, 0.15) is 51.4 Å². The second kappa shape index (κ2) is 10.7. The zero-order chi connectivity index (χ0) is 24.8. The van der Waals surface area contributed by atoms with Gasteiger partial charge in [-0.25, -0.2) is 4.79 Å². The molecule has 4 N–H and O–H groups in total. The SMILES string of the molecule is Cc1ccc(C(=O)N2CCC(c3ccc(C#N)cc3)CC2)cc1NC(=O)NCc1cccc(N)c1. The van der Waals surface area contributed by atoms with Crippen LogP contribution in [0.4, 0.5) is 16.2 Å².